The van der Waals surface area contributed by atoms with E-state index in [-0.39, 0.29) is 29.1 Å². The summed E-state index contributed by atoms with van der Waals surface area (Å²) in [6, 6.07) is 6.65. The molecular weight excluding hydrogens is 563 g/mol. The van der Waals surface area contributed by atoms with Gasteiger partial charge in [-0.1, -0.05) is 12.6 Å². The lowest BCUT2D eigenvalue weighted by Crippen LogP contribution is -2.28. The van der Waals surface area contributed by atoms with Gasteiger partial charge in [0.25, 0.3) is 5.91 Å². The van der Waals surface area contributed by atoms with Gasteiger partial charge in [0.15, 0.2) is 0 Å². The molecule has 1 aliphatic heterocycles. The Hall–Kier alpha value is -4.94. The number of alkyl halides is 3. The van der Waals surface area contributed by atoms with E-state index in [4.69, 9.17) is 10.5 Å². The van der Waals surface area contributed by atoms with Gasteiger partial charge >= 0.3 is 6.18 Å². The molecule has 1 saturated heterocycles. The van der Waals surface area contributed by atoms with Gasteiger partial charge in [0.2, 0.25) is 5.91 Å². The highest BCUT2D eigenvalue weighted by molar-refractivity contribution is 6.07. The van der Waals surface area contributed by atoms with Crippen LogP contribution in [-0.4, -0.2) is 56.4 Å². The number of hydrogen-bond donors (Lipinski definition) is 2. The summed E-state index contributed by atoms with van der Waals surface area (Å²) in [5, 5.41) is 3.08. The molecule has 1 aliphatic carbocycles. The number of aromatic nitrogens is 4. The summed E-state index contributed by atoms with van der Waals surface area (Å²) in [4.78, 5) is 39.6. The van der Waals surface area contributed by atoms with Crippen LogP contribution in [0.2, 0.25) is 0 Å². The van der Waals surface area contributed by atoms with E-state index in [9.17, 15) is 22.8 Å². The van der Waals surface area contributed by atoms with Crippen LogP contribution in [0.3, 0.4) is 0 Å². The number of fused-ring (bicyclic) bond motifs is 2. The van der Waals surface area contributed by atoms with Crippen LogP contribution < -0.4 is 15.8 Å². The van der Waals surface area contributed by atoms with E-state index in [2.05, 4.69) is 31.4 Å². The van der Waals surface area contributed by atoms with Crippen LogP contribution in [0.1, 0.15) is 34.8 Å². The number of benzene rings is 1. The molecule has 4 aromatic rings. The van der Waals surface area contributed by atoms with Crippen LogP contribution in [0, 0.1) is 11.8 Å². The summed E-state index contributed by atoms with van der Waals surface area (Å²) in [6.07, 6.45) is 2.93. The zero-order valence-electron chi connectivity index (χ0n) is 23.1. The standard InChI is InChI=1S/C30H28F3N7O3/c1-3-25(41)39-12-17-8-20(9-18(17)13-39)40-14-22(26-27(34)36-15-37-28(26)40)16-4-5-21(23(10-16)43-2)29(42)38-24-11-19(6-7-35-24)30(31,32)33/h3-7,10-11,14-15,17-18,20H,1,8-9,12-13H2,2H3,(H2,34,36,37)(H,35,38,42). The number of rotatable bonds is 6. The molecule has 3 aromatic heterocycles. The Kier molecular flexibility index (Phi) is 7.03. The third kappa shape index (κ3) is 5.15. The molecular formula is C30H28F3N7O3. The third-order valence-electron chi connectivity index (χ3n) is 8.33. The molecule has 0 spiro atoms. The maximum Gasteiger partial charge on any atom is 0.416 e. The second kappa shape index (κ2) is 10.7. The Bertz CT molecular complexity index is 1740. The molecule has 6 rings (SSSR count). The predicted octanol–water partition coefficient (Wildman–Crippen LogP) is 4.95. The summed E-state index contributed by atoms with van der Waals surface area (Å²) in [5.41, 5.74) is 7.65. The van der Waals surface area contributed by atoms with Gasteiger partial charge in [0.1, 0.15) is 29.4 Å². The molecule has 2 amide bonds. The van der Waals surface area contributed by atoms with Crippen molar-refractivity contribution in [3.8, 4) is 16.9 Å². The zero-order chi connectivity index (χ0) is 30.5. The lowest BCUT2D eigenvalue weighted by molar-refractivity contribution is -0.137. The molecule has 1 saturated carbocycles. The fourth-order valence-electron chi connectivity index (χ4n) is 6.31. The first kappa shape index (κ1) is 28.2. The molecule has 2 aliphatic rings. The van der Waals surface area contributed by atoms with E-state index in [0.717, 1.165) is 36.7 Å². The zero-order valence-corrected chi connectivity index (χ0v) is 23.1. The van der Waals surface area contributed by atoms with Crippen molar-refractivity contribution in [1.29, 1.82) is 0 Å². The van der Waals surface area contributed by atoms with Gasteiger partial charge in [-0.2, -0.15) is 13.2 Å². The number of nitrogens with one attached hydrogen (secondary N) is 1. The molecule has 0 bridgehead atoms. The fourth-order valence-corrected chi connectivity index (χ4v) is 6.31. The molecule has 0 radical (unpaired) electrons. The Morgan fingerprint density at radius 2 is 1.86 bits per heavy atom. The minimum absolute atomic E-state index is 0.0441. The van der Waals surface area contributed by atoms with Gasteiger partial charge in [-0.25, -0.2) is 15.0 Å². The molecule has 3 N–H and O–H groups in total. The molecule has 4 heterocycles. The topological polar surface area (TPSA) is 128 Å². The van der Waals surface area contributed by atoms with E-state index in [1.54, 1.807) is 12.1 Å². The van der Waals surface area contributed by atoms with Crippen LogP contribution in [0.5, 0.6) is 5.75 Å². The highest BCUT2D eigenvalue weighted by atomic mass is 19.4. The number of nitrogens with zero attached hydrogens (tertiary/aromatic N) is 5. The second-order valence-electron chi connectivity index (χ2n) is 10.8. The number of anilines is 2. The number of carbonyl (C=O) groups is 2. The van der Waals surface area contributed by atoms with E-state index in [0.29, 0.717) is 47.3 Å². The number of halogens is 3. The first-order chi connectivity index (χ1) is 20.6. The van der Waals surface area contributed by atoms with Gasteiger partial charge < -0.3 is 25.3 Å². The third-order valence-corrected chi connectivity index (χ3v) is 8.33. The van der Waals surface area contributed by atoms with E-state index in [1.807, 2.05) is 11.1 Å². The summed E-state index contributed by atoms with van der Waals surface area (Å²) < 4.78 is 47.0. The number of hydrogen-bond acceptors (Lipinski definition) is 7. The van der Waals surface area contributed by atoms with Gasteiger partial charge in [0, 0.05) is 37.1 Å². The SMILES string of the molecule is C=CC(=O)N1CC2CC(n3cc(-c4ccc(C(=O)Nc5cc(C(F)(F)F)ccn5)c(OC)c4)c4c(N)ncnc43)CC2C1. The first-order valence-electron chi connectivity index (χ1n) is 13.6. The monoisotopic (exact) mass is 591 g/mol. The Morgan fingerprint density at radius 1 is 1.12 bits per heavy atom. The van der Waals surface area contributed by atoms with Crippen molar-refractivity contribution >= 4 is 34.5 Å². The molecule has 2 unspecified atom stereocenters. The van der Waals surface area contributed by atoms with Gasteiger partial charge in [-0.15, -0.1) is 0 Å². The highest BCUT2D eigenvalue weighted by Gasteiger charge is 2.43. The van der Waals surface area contributed by atoms with Gasteiger partial charge in [-0.05, 0) is 60.6 Å². The Labute approximate surface area is 244 Å². The van der Waals surface area contributed by atoms with Crippen molar-refractivity contribution in [3.63, 3.8) is 0 Å². The maximum absolute atomic E-state index is 13.1. The smallest absolute Gasteiger partial charge is 0.416 e. The largest absolute Gasteiger partial charge is 0.496 e. The summed E-state index contributed by atoms with van der Waals surface area (Å²) in [5.74, 6) is 0.296. The van der Waals surface area contributed by atoms with Crippen molar-refractivity contribution in [3.05, 3.63) is 72.8 Å². The number of nitrogen functional groups attached to an aromatic ring is 1. The van der Waals surface area contributed by atoms with Crippen LogP contribution in [0.15, 0.2) is 61.7 Å². The van der Waals surface area contributed by atoms with Crippen molar-refractivity contribution in [2.24, 2.45) is 11.8 Å². The second-order valence-corrected chi connectivity index (χ2v) is 10.8. The van der Waals surface area contributed by atoms with E-state index < -0.39 is 17.6 Å². The minimum atomic E-state index is -4.57. The van der Waals surface area contributed by atoms with Crippen LogP contribution in [0.25, 0.3) is 22.2 Å². The summed E-state index contributed by atoms with van der Waals surface area (Å²) in [7, 11) is 1.40. The number of amides is 2. The van der Waals surface area contributed by atoms with Crippen molar-refractivity contribution < 1.29 is 27.5 Å². The number of likely N-dealkylation sites (tertiary alicyclic amines) is 1. The first-order valence-corrected chi connectivity index (χ1v) is 13.6. The average Bonchev–Trinajstić information content (AvgIpc) is 3.68. The molecule has 222 valence electrons. The van der Waals surface area contributed by atoms with Crippen molar-refractivity contribution in [2.75, 3.05) is 31.2 Å². The maximum atomic E-state index is 13.1. The average molecular weight is 592 g/mol. The number of ether oxygens (including phenoxy) is 1. The Balaban J connectivity index is 1.30. The molecule has 2 fully saturated rings. The minimum Gasteiger partial charge on any atom is -0.496 e. The number of nitrogens with two attached hydrogens (primary N) is 1. The van der Waals surface area contributed by atoms with Gasteiger partial charge in [0.05, 0.1) is 23.6 Å². The van der Waals surface area contributed by atoms with Crippen molar-refractivity contribution in [1.82, 2.24) is 24.4 Å². The molecule has 1 aromatic carbocycles. The Morgan fingerprint density at radius 3 is 2.53 bits per heavy atom. The van der Waals surface area contributed by atoms with E-state index in [1.165, 1.54) is 25.6 Å². The summed E-state index contributed by atoms with van der Waals surface area (Å²) >= 11 is 0. The molecule has 13 heteroatoms. The lowest BCUT2D eigenvalue weighted by Gasteiger charge is -2.19. The van der Waals surface area contributed by atoms with Crippen molar-refractivity contribution in [2.45, 2.75) is 25.1 Å². The van der Waals surface area contributed by atoms with Crippen LogP contribution in [-0.2, 0) is 11.0 Å². The molecule has 2 atom stereocenters. The highest BCUT2D eigenvalue weighted by Crippen LogP contribution is 2.46. The number of methoxy groups -OCH3 is 1. The van der Waals surface area contributed by atoms with Crippen LogP contribution in [0.4, 0.5) is 24.8 Å². The van der Waals surface area contributed by atoms with Crippen LogP contribution >= 0.6 is 0 Å². The predicted molar refractivity (Wildman–Crippen MR) is 153 cm³/mol. The fraction of sp³-hybridized carbons (Fsp3) is 0.300. The quantitative estimate of drug-likeness (QED) is 0.304. The normalized spacial score (nSPS) is 19.8. The lowest BCUT2D eigenvalue weighted by atomic mass is 10.0. The molecule has 10 nitrogen and oxygen atoms in total. The van der Waals surface area contributed by atoms with E-state index >= 15 is 0 Å². The summed E-state index contributed by atoms with van der Waals surface area (Å²) in [6.45, 7) is 5.00. The number of carbonyl (C=O) groups excluding carboxylic acids is 2. The number of pyridine rings is 1. The molecule has 43 heavy (non-hydrogen) atoms. The van der Waals surface area contributed by atoms with Gasteiger partial charge in [-0.3, -0.25) is 9.59 Å².